The summed E-state index contributed by atoms with van der Waals surface area (Å²) in [6, 6.07) is 14.6. The lowest BCUT2D eigenvalue weighted by Gasteiger charge is -2.08. The first-order valence-electron chi connectivity index (χ1n) is 9.82. The Labute approximate surface area is 172 Å². The molecule has 0 aliphatic heterocycles. The summed E-state index contributed by atoms with van der Waals surface area (Å²) >= 11 is 6.76. The van der Waals surface area contributed by atoms with Crippen molar-refractivity contribution in [3.05, 3.63) is 78.1 Å². The lowest BCUT2D eigenvalue weighted by atomic mass is 10.0. The van der Waals surface area contributed by atoms with Gasteiger partial charge in [-0.15, -0.1) is 10.2 Å². The molecule has 0 bridgehead atoms. The van der Waals surface area contributed by atoms with Gasteiger partial charge in [0.15, 0.2) is 5.65 Å². The Bertz CT molecular complexity index is 1350. The van der Waals surface area contributed by atoms with Gasteiger partial charge in [0.25, 0.3) is 0 Å². The number of fused-ring (bicyclic) bond motifs is 2. The predicted octanol–water partition coefficient (Wildman–Crippen LogP) is 5.34. The van der Waals surface area contributed by atoms with Gasteiger partial charge < -0.3 is 4.57 Å². The number of rotatable bonds is 4. The van der Waals surface area contributed by atoms with Gasteiger partial charge in [0.05, 0.1) is 22.4 Å². The van der Waals surface area contributed by atoms with E-state index < -0.39 is 0 Å². The quantitative estimate of drug-likeness (QED) is 0.409. The minimum absolute atomic E-state index is 0.646. The Kier molecular flexibility index (Phi) is 3.71. The number of hydrogen-bond acceptors (Lipinski definition) is 3. The lowest BCUT2D eigenvalue weighted by Crippen LogP contribution is -1.97. The fraction of sp³-hybridized carbons (Fsp3) is 0.174. The standard InChI is InChI=1S/C23H18ClN5/c24-22-19(8-11-29-21(12-15-3-4-15)26-27-23(22)29)16-5-6-20-17(13-16)7-10-28(20)18-2-1-9-25-14-18/h1-2,5-11,13-15H,3-4,12H2. The van der Waals surface area contributed by atoms with Crippen molar-refractivity contribution in [3.63, 3.8) is 0 Å². The Morgan fingerprint density at radius 3 is 2.79 bits per heavy atom. The van der Waals surface area contributed by atoms with E-state index in [1.54, 1.807) is 6.20 Å². The molecule has 1 aliphatic rings. The minimum atomic E-state index is 0.646. The van der Waals surface area contributed by atoms with Crippen LogP contribution in [0.2, 0.25) is 5.02 Å². The third-order valence-corrected chi connectivity index (χ3v) is 6.06. The van der Waals surface area contributed by atoms with E-state index >= 15 is 0 Å². The first kappa shape index (κ1) is 16.7. The molecule has 29 heavy (non-hydrogen) atoms. The Morgan fingerprint density at radius 2 is 1.97 bits per heavy atom. The van der Waals surface area contributed by atoms with Gasteiger partial charge >= 0.3 is 0 Å². The summed E-state index contributed by atoms with van der Waals surface area (Å²) in [6.07, 6.45) is 11.3. The van der Waals surface area contributed by atoms with E-state index in [4.69, 9.17) is 11.6 Å². The third-order valence-electron chi connectivity index (χ3n) is 5.68. The minimum Gasteiger partial charge on any atom is -0.315 e. The van der Waals surface area contributed by atoms with E-state index in [-0.39, 0.29) is 0 Å². The van der Waals surface area contributed by atoms with Crippen LogP contribution < -0.4 is 0 Å². The molecule has 0 amide bonds. The first-order chi connectivity index (χ1) is 14.3. The molecule has 0 atom stereocenters. The van der Waals surface area contributed by atoms with E-state index in [1.807, 2.05) is 22.9 Å². The van der Waals surface area contributed by atoms with Crippen LogP contribution in [0.1, 0.15) is 18.7 Å². The number of halogens is 1. The van der Waals surface area contributed by atoms with Crippen molar-refractivity contribution in [1.82, 2.24) is 24.1 Å². The van der Waals surface area contributed by atoms with Gasteiger partial charge in [-0.25, -0.2) is 0 Å². The SMILES string of the molecule is Clc1c(-c2ccc3c(ccn3-c3cccnc3)c2)ccn2c(CC3CC3)nnc12. The largest absolute Gasteiger partial charge is 0.315 e. The second-order valence-corrected chi connectivity index (χ2v) is 8.05. The molecule has 6 heteroatoms. The zero-order valence-electron chi connectivity index (χ0n) is 15.7. The van der Waals surface area contributed by atoms with E-state index in [0.717, 1.165) is 51.5 Å². The first-order valence-corrected chi connectivity index (χ1v) is 10.2. The van der Waals surface area contributed by atoms with Crippen molar-refractivity contribution in [3.8, 4) is 16.8 Å². The smallest absolute Gasteiger partial charge is 0.180 e. The van der Waals surface area contributed by atoms with Gasteiger partial charge in [0, 0.05) is 36.0 Å². The molecular formula is C23H18ClN5. The van der Waals surface area contributed by atoms with Crippen molar-refractivity contribution >= 4 is 28.2 Å². The molecule has 0 saturated heterocycles. The van der Waals surface area contributed by atoms with E-state index in [1.165, 1.54) is 12.8 Å². The van der Waals surface area contributed by atoms with Crippen LogP contribution in [0.3, 0.4) is 0 Å². The molecule has 4 aromatic heterocycles. The maximum Gasteiger partial charge on any atom is 0.180 e. The zero-order valence-corrected chi connectivity index (χ0v) is 16.4. The van der Waals surface area contributed by atoms with Crippen LogP contribution in [-0.2, 0) is 6.42 Å². The molecule has 5 nitrogen and oxygen atoms in total. The summed E-state index contributed by atoms with van der Waals surface area (Å²) in [5.41, 5.74) is 4.95. The van der Waals surface area contributed by atoms with Crippen LogP contribution in [0.5, 0.6) is 0 Å². The summed E-state index contributed by atoms with van der Waals surface area (Å²) in [5.74, 6) is 1.76. The molecule has 6 rings (SSSR count). The molecule has 4 heterocycles. The van der Waals surface area contributed by atoms with Gasteiger partial charge in [-0.1, -0.05) is 17.7 Å². The molecular weight excluding hydrogens is 382 g/mol. The highest BCUT2D eigenvalue weighted by Crippen LogP contribution is 2.35. The molecule has 142 valence electrons. The fourth-order valence-corrected chi connectivity index (χ4v) is 4.25. The summed E-state index contributed by atoms with van der Waals surface area (Å²) in [6.45, 7) is 0. The van der Waals surface area contributed by atoms with Crippen LogP contribution in [0.15, 0.2) is 67.3 Å². The monoisotopic (exact) mass is 399 g/mol. The molecule has 0 spiro atoms. The molecule has 5 aromatic rings. The van der Waals surface area contributed by atoms with Crippen molar-refractivity contribution in [2.75, 3.05) is 0 Å². The Morgan fingerprint density at radius 1 is 1.03 bits per heavy atom. The van der Waals surface area contributed by atoms with Crippen molar-refractivity contribution in [1.29, 1.82) is 0 Å². The van der Waals surface area contributed by atoms with Crippen molar-refractivity contribution in [2.24, 2.45) is 5.92 Å². The molecule has 0 unspecified atom stereocenters. The van der Waals surface area contributed by atoms with E-state index in [2.05, 4.69) is 62.3 Å². The lowest BCUT2D eigenvalue weighted by molar-refractivity contribution is 0.758. The summed E-state index contributed by atoms with van der Waals surface area (Å²) in [5, 5.41) is 10.5. The molecule has 1 saturated carbocycles. The topological polar surface area (TPSA) is 48.0 Å². The highest BCUT2D eigenvalue weighted by molar-refractivity contribution is 6.36. The maximum atomic E-state index is 6.76. The summed E-state index contributed by atoms with van der Waals surface area (Å²) in [4.78, 5) is 4.22. The fourth-order valence-electron chi connectivity index (χ4n) is 3.95. The van der Waals surface area contributed by atoms with Gasteiger partial charge in [-0.3, -0.25) is 9.38 Å². The van der Waals surface area contributed by atoms with Gasteiger partial charge in [0.2, 0.25) is 0 Å². The average Bonchev–Trinajstić information content (AvgIpc) is 3.32. The van der Waals surface area contributed by atoms with Crippen LogP contribution in [0.4, 0.5) is 0 Å². The average molecular weight is 400 g/mol. The highest BCUT2D eigenvalue weighted by Gasteiger charge is 2.24. The molecule has 0 radical (unpaired) electrons. The van der Waals surface area contributed by atoms with Crippen LogP contribution in [-0.4, -0.2) is 24.1 Å². The summed E-state index contributed by atoms with van der Waals surface area (Å²) in [7, 11) is 0. The van der Waals surface area contributed by atoms with Crippen LogP contribution >= 0.6 is 11.6 Å². The van der Waals surface area contributed by atoms with Gasteiger partial charge in [-0.05, 0) is 60.7 Å². The molecule has 1 aliphatic carbocycles. The second kappa shape index (κ2) is 6.42. The highest BCUT2D eigenvalue weighted by atomic mass is 35.5. The van der Waals surface area contributed by atoms with Gasteiger partial charge in [-0.2, -0.15) is 0 Å². The van der Waals surface area contributed by atoms with Gasteiger partial charge in [0.1, 0.15) is 5.82 Å². The number of benzene rings is 1. The normalized spacial score (nSPS) is 14.1. The maximum absolute atomic E-state index is 6.76. The molecule has 1 aromatic carbocycles. The predicted molar refractivity (Wildman–Crippen MR) is 114 cm³/mol. The Hall–Kier alpha value is -3.18. The van der Waals surface area contributed by atoms with Crippen molar-refractivity contribution in [2.45, 2.75) is 19.3 Å². The van der Waals surface area contributed by atoms with Crippen molar-refractivity contribution < 1.29 is 0 Å². The van der Waals surface area contributed by atoms with Crippen LogP contribution in [0.25, 0.3) is 33.4 Å². The number of nitrogens with zero attached hydrogens (tertiary/aromatic N) is 5. The molecule has 0 N–H and O–H groups in total. The van der Waals surface area contributed by atoms with E-state index in [0.29, 0.717) is 5.02 Å². The zero-order chi connectivity index (χ0) is 19.4. The van der Waals surface area contributed by atoms with E-state index in [9.17, 15) is 0 Å². The number of pyridine rings is 2. The third kappa shape index (κ3) is 2.81. The second-order valence-electron chi connectivity index (χ2n) is 7.67. The number of aromatic nitrogens is 5. The Balaban J connectivity index is 1.43. The molecule has 1 fully saturated rings. The van der Waals surface area contributed by atoms with Crippen LogP contribution in [0, 0.1) is 5.92 Å². The summed E-state index contributed by atoms with van der Waals surface area (Å²) < 4.78 is 4.17. The number of hydrogen-bond donors (Lipinski definition) is 0.